The van der Waals surface area contributed by atoms with Crippen LogP contribution in [0.1, 0.15) is 33.9 Å². The van der Waals surface area contributed by atoms with Crippen LogP contribution < -0.4 is 0 Å². The second-order valence-corrected chi connectivity index (χ2v) is 3.62. The molecule has 6 heteroatoms. The number of hydrogen-bond donors (Lipinski definition) is 1. The summed E-state index contributed by atoms with van der Waals surface area (Å²) in [5, 5.41) is 10.0. The molecule has 0 saturated carbocycles. The number of nitrogens with zero attached hydrogens (tertiary/aromatic N) is 2. The molecule has 1 N–H and O–H groups in total. The largest absolute Gasteiger partial charge is 0.463 e. The number of aliphatic hydroxyl groups excluding tert-OH is 1. The first-order chi connectivity index (χ1) is 8.61. The number of carbonyl (C=O) groups excluding carboxylic acids is 1. The Morgan fingerprint density at radius 1 is 1.44 bits per heavy atom. The zero-order valence-electron chi connectivity index (χ0n) is 9.95. The van der Waals surface area contributed by atoms with Crippen LogP contribution in [-0.2, 0) is 4.74 Å². The molecule has 18 heavy (non-hydrogen) atoms. The Hall–Kier alpha value is -2.21. The molecule has 2 heterocycles. The molecule has 1 unspecified atom stereocenters. The van der Waals surface area contributed by atoms with Crippen molar-refractivity contribution in [3.63, 3.8) is 0 Å². The predicted octanol–water partition coefficient (Wildman–Crippen LogP) is 1.25. The summed E-state index contributed by atoms with van der Waals surface area (Å²) in [4.78, 5) is 19.2. The number of aryl methyl sites for hydroxylation is 1. The number of furan rings is 1. The Bertz CT molecular complexity index is 565. The molecule has 1 atom stereocenters. The second kappa shape index (κ2) is 4.97. The van der Waals surface area contributed by atoms with Crippen molar-refractivity contribution in [2.45, 2.75) is 13.0 Å². The Labute approximate surface area is 103 Å². The molecule has 0 bridgehead atoms. The molecule has 2 aromatic heterocycles. The van der Waals surface area contributed by atoms with Crippen LogP contribution >= 0.6 is 0 Å². The van der Waals surface area contributed by atoms with Gasteiger partial charge in [-0.3, -0.25) is 0 Å². The molecule has 0 aliphatic carbocycles. The summed E-state index contributed by atoms with van der Waals surface area (Å²) in [7, 11) is 1.26. The molecule has 2 aromatic rings. The molecule has 0 aromatic carbocycles. The average molecular weight is 248 g/mol. The smallest absolute Gasteiger partial charge is 0.373 e. The number of hydrogen-bond acceptors (Lipinski definition) is 6. The van der Waals surface area contributed by atoms with Crippen LogP contribution in [0, 0.1) is 6.92 Å². The topological polar surface area (TPSA) is 85.5 Å². The quantitative estimate of drug-likeness (QED) is 0.822. The highest BCUT2D eigenvalue weighted by atomic mass is 16.5. The number of ether oxygens (including phenoxy) is 1. The van der Waals surface area contributed by atoms with Crippen molar-refractivity contribution >= 4 is 5.97 Å². The summed E-state index contributed by atoms with van der Waals surface area (Å²) in [6.45, 7) is 1.72. The minimum atomic E-state index is -1.04. The number of rotatable bonds is 3. The molecule has 0 aliphatic heterocycles. The van der Waals surface area contributed by atoms with E-state index in [0.29, 0.717) is 11.5 Å². The van der Waals surface area contributed by atoms with E-state index in [1.807, 2.05) is 0 Å². The van der Waals surface area contributed by atoms with E-state index in [1.54, 1.807) is 19.2 Å². The van der Waals surface area contributed by atoms with Crippen LogP contribution in [0.4, 0.5) is 0 Å². The maximum Gasteiger partial charge on any atom is 0.373 e. The van der Waals surface area contributed by atoms with Gasteiger partial charge >= 0.3 is 5.97 Å². The molecule has 0 amide bonds. The highest BCUT2D eigenvalue weighted by molar-refractivity contribution is 5.86. The van der Waals surface area contributed by atoms with E-state index in [0.717, 1.165) is 0 Å². The number of aromatic nitrogens is 2. The lowest BCUT2D eigenvalue weighted by Crippen LogP contribution is -2.03. The number of carbonyl (C=O) groups is 1. The van der Waals surface area contributed by atoms with Gasteiger partial charge in [-0.05, 0) is 25.1 Å². The van der Waals surface area contributed by atoms with Crippen LogP contribution in [0.3, 0.4) is 0 Å². The van der Waals surface area contributed by atoms with E-state index in [9.17, 15) is 9.90 Å². The third-order valence-electron chi connectivity index (χ3n) is 2.36. The van der Waals surface area contributed by atoms with Gasteiger partial charge in [0.05, 0.1) is 12.8 Å². The van der Waals surface area contributed by atoms with Crippen LogP contribution in [0.2, 0.25) is 0 Å². The first kappa shape index (κ1) is 12.3. The molecular formula is C12H12N2O4. The maximum absolute atomic E-state index is 11.2. The fourth-order valence-electron chi connectivity index (χ4n) is 1.48. The van der Waals surface area contributed by atoms with E-state index in [1.165, 1.54) is 19.2 Å². The van der Waals surface area contributed by atoms with Crippen LogP contribution in [-0.4, -0.2) is 28.2 Å². The van der Waals surface area contributed by atoms with Gasteiger partial charge in [-0.1, -0.05) is 0 Å². The van der Waals surface area contributed by atoms with Crippen LogP contribution in [0.25, 0.3) is 0 Å². The average Bonchev–Trinajstić information content (AvgIpc) is 2.86. The summed E-state index contributed by atoms with van der Waals surface area (Å²) in [6, 6.07) is 4.53. The highest BCUT2D eigenvalue weighted by Gasteiger charge is 2.19. The Balaban J connectivity index is 2.26. The zero-order valence-corrected chi connectivity index (χ0v) is 9.95. The summed E-state index contributed by atoms with van der Waals surface area (Å²) in [5.74, 6) is 0.226. The van der Waals surface area contributed by atoms with Crippen molar-refractivity contribution < 1.29 is 19.1 Å². The van der Waals surface area contributed by atoms with Crippen molar-refractivity contribution in [1.29, 1.82) is 0 Å². The number of methoxy groups -OCH3 is 1. The third-order valence-corrected chi connectivity index (χ3v) is 2.36. The molecule has 0 spiro atoms. The molecule has 0 saturated heterocycles. The van der Waals surface area contributed by atoms with E-state index in [2.05, 4.69) is 14.7 Å². The molecule has 6 nitrogen and oxygen atoms in total. The zero-order chi connectivity index (χ0) is 13.1. The maximum atomic E-state index is 11.2. The lowest BCUT2D eigenvalue weighted by atomic mass is 10.2. The fourth-order valence-corrected chi connectivity index (χ4v) is 1.48. The Morgan fingerprint density at radius 3 is 2.89 bits per heavy atom. The van der Waals surface area contributed by atoms with E-state index in [-0.39, 0.29) is 11.5 Å². The molecule has 0 fully saturated rings. The fraction of sp³-hybridized carbons (Fsp3) is 0.250. The summed E-state index contributed by atoms with van der Waals surface area (Å²) in [5.41, 5.74) is 0.410. The summed E-state index contributed by atoms with van der Waals surface area (Å²) in [6.07, 6.45) is 0.510. The molecule has 0 radical (unpaired) electrons. The van der Waals surface area contributed by atoms with Gasteiger partial charge in [0, 0.05) is 6.20 Å². The minimum absolute atomic E-state index is 0.0392. The standard InChI is InChI=1S/C12H12N2O4/c1-7-13-6-5-8(14-7)11(15)9-3-4-10(18-9)12(16)17-2/h3-6,11,15H,1-2H3. The SMILES string of the molecule is COC(=O)c1ccc(C(O)c2ccnc(C)n2)o1. The first-order valence-corrected chi connectivity index (χ1v) is 5.27. The van der Waals surface area contributed by atoms with E-state index in [4.69, 9.17) is 4.42 Å². The monoisotopic (exact) mass is 248 g/mol. The van der Waals surface area contributed by atoms with Gasteiger partial charge < -0.3 is 14.3 Å². The van der Waals surface area contributed by atoms with Gasteiger partial charge in [0.1, 0.15) is 11.6 Å². The van der Waals surface area contributed by atoms with Gasteiger partial charge in [0.2, 0.25) is 5.76 Å². The normalized spacial score (nSPS) is 12.2. The van der Waals surface area contributed by atoms with E-state index >= 15 is 0 Å². The predicted molar refractivity (Wildman–Crippen MR) is 60.9 cm³/mol. The molecular weight excluding hydrogens is 236 g/mol. The molecule has 94 valence electrons. The van der Waals surface area contributed by atoms with Crippen molar-refractivity contribution in [3.8, 4) is 0 Å². The van der Waals surface area contributed by atoms with Crippen LogP contribution in [0.15, 0.2) is 28.8 Å². The molecule has 0 aliphatic rings. The van der Waals surface area contributed by atoms with Gasteiger partial charge in [-0.2, -0.15) is 0 Å². The lowest BCUT2D eigenvalue weighted by molar-refractivity contribution is 0.0557. The summed E-state index contributed by atoms with van der Waals surface area (Å²) >= 11 is 0. The van der Waals surface area contributed by atoms with Gasteiger partial charge in [0.25, 0.3) is 0 Å². The van der Waals surface area contributed by atoms with Crippen LogP contribution in [0.5, 0.6) is 0 Å². The Kier molecular flexibility index (Phi) is 3.38. The van der Waals surface area contributed by atoms with Gasteiger partial charge in [-0.25, -0.2) is 14.8 Å². The lowest BCUT2D eigenvalue weighted by Gasteiger charge is -2.07. The van der Waals surface area contributed by atoms with Crippen molar-refractivity contribution in [2.24, 2.45) is 0 Å². The number of aliphatic hydroxyl groups is 1. The first-order valence-electron chi connectivity index (χ1n) is 5.27. The highest BCUT2D eigenvalue weighted by Crippen LogP contribution is 2.22. The summed E-state index contributed by atoms with van der Waals surface area (Å²) < 4.78 is 9.72. The number of esters is 1. The molecule has 2 rings (SSSR count). The third kappa shape index (κ3) is 2.38. The van der Waals surface area contributed by atoms with Crippen molar-refractivity contribution in [2.75, 3.05) is 7.11 Å². The second-order valence-electron chi connectivity index (χ2n) is 3.62. The van der Waals surface area contributed by atoms with Gasteiger partial charge in [0.15, 0.2) is 6.10 Å². The van der Waals surface area contributed by atoms with Gasteiger partial charge in [-0.15, -0.1) is 0 Å². The Morgan fingerprint density at radius 2 is 2.22 bits per heavy atom. The van der Waals surface area contributed by atoms with Crippen molar-refractivity contribution in [1.82, 2.24) is 9.97 Å². The van der Waals surface area contributed by atoms with Crippen molar-refractivity contribution in [3.05, 3.63) is 47.4 Å². The minimum Gasteiger partial charge on any atom is -0.463 e. The van der Waals surface area contributed by atoms with E-state index < -0.39 is 12.1 Å².